The summed E-state index contributed by atoms with van der Waals surface area (Å²) in [6.07, 6.45) is 2.12. The molecule has 1 fully saturated rings. The van der Waals surface area contributed by atoms with Crippen molar-refractivity contribution in [1.82, 2.24) is 4.90 Å². The summed E-state index contributed by atoms with van der Waals surface area (Å²) >= 11 is 0. The van der Waals surface area contributed by atoms with E-state index < -0.39 is 11.6 Å². The molecule has 0 bridgehead atoms. The lowest BCUT2D eigenvalue weighted by Gasteiger charge is -2.33. The summed E-state index contributed by atoms with van der Waals surface area (Å²) in [5, 5.41) is 9.32. The van der Waals surface area contributed by atoms with Gasteiger partial charge in [-0.1, -0.05) is 18.2 Å². The number of hydrogen-bond donors (Lipinski definition) is 1. The SMILES string of the molecule is COc1ccc(CC(=O)N2CCCC(c3cccc(OC(C)(C)C(=O)O)c3)C2)c(OC)c1. The molecule has 1 aliphatic heterocycles. The highest BCUT2D eigenvalue weighted by molar-refractivity contribution is 5.80. The Morgan fingerprint density at radius 2 is 1.88 bits per heavy atom. The normalized spacial score (nSPS) is 16.4. The predicted molar refractivity (Wildman–Crippen MR) is 121 cm³/mol. The molecule has 1 N–H and O–H groups in total. The van der Waals surface area contributed by atoms with Crippen molar-refractivity contribution in [2.24, 2.45) is 0 Å². The van der Waals surface area contributed by atoms with E-state index in [0.29, 0.717) is 23.8 Å². The number of likely N-dealkylation sites (tertiary alicyclic amines) is 1. The first-order valence-corrected chi connectivity index (χ1v) is 10.7. The zero-order chi connectivity index (χ0) is 23.3. The lowest BCUT2D eigenvalue weighted by atomic mass is 9.90. The smallest absolute Gasteiger partial charge is 0.347 e. The Morgan fingerprint density at radius 3 is 2.56 bits per heavy atom. The number of aliphatic carboxylic acids is 1. The van der Waals surface area contributed by atoms with Gasteiger partial charge >= 0.3 is 5.97 Å². The van der Waals surface area contributed by atoms with Crippen LogP contribution in [0.15, 0.2) is 42.5 Å². The quantitative estimate of drug-likeness (QED) is 0.669. The molecule has 1 saturated heterocycles. The van der Waals surface area contributed by atoms with Crippen LogP contribution in [0, 0.1) is 0 Å². The fourth-order valence-electron chi connectivity index (χ4n) is 3.92. The number of carbonyl (C=O) groups excluding carboxylic acids is 1. The molecule has 7 nitrogen and oxygen atoms in total. The number of ether oxygens (including phenoxy) is 3. The lowest BCUT2D eigenvalue weighted by molar-refractivity contribution is -0.152. The molecule has 32 heavy (non-hydrogen) atoms. The van der Waals surface area contributed by atoms with Crippen LogP contribution in [-0.2, 0) is 16.0 Å². The zero-order valence-electron chi connectivity index (χ0n) is 19.1. The standard InChI is InChI=1S/C25H31NO6/c1-25(2,24(28)29)32-21-9-5-7-17(13-21)19-8-6-12-26(16-19)23(27)14-18-10-11-20(30-3)15-22(18)31-4/h5,7,9-11,13,15,19H,6,8,12,14,16H2,1-4H3,(H,28,29). The van der Waals surface area contributed by atoms with E-state index in [2.05, 4.69) is 0 Å². The van der Waals surface area contributed by atoms with Crippen molar-refractivity contribution < 1.29 is 28.9 Å². The molecule has 0 saturated carbocycles. The average Bonchev–Trinajstić information content (AvgIpc) is 2.79. The van der Waals surface area contributed by atoms with Crippen LogP contribution in [0.2, 0.25) is 0 Å². The molecular formula is C25H31NO6. The van der Waals surface area contributed by atoms with Crippen molar-refractivity contribution in [1.29, 1.82) is 0 Å². The minimum Gasteiger partial charge on any atom is -0.497 e. The van der Waals surface area contributed by atoms with Crippen LogP contribution in [0.1, 0.15) is 43.7 Å². The third kappa shape index (κ3) is 5.52. The Balaban J connectivity index is 1.70. The molecule has 7 heteroatoms. The van der Waals surface area contributed by atoms with Crippen LogP contribution >= 0.6 is 0 Å². The molecule has 3 rings (SSSR count). The molecule has 1 heterocycles. The van der Waals surface area contributed by atoms with Crippen molar-refractivity contribution in [2.45, 2.75) is 44.6 Å². The summed E-state index contributed by atoms with van der Waals surface area (Å²) in [5.74, 6) is 1.04. The van der Waals surface area contributed by atoms with Gasteiger partial charge in [0.15, 0.2) is 5.60 Å². The van der Waals surface area contributed by atoms with Crippen molar-refractivity contribution in [3.63, 3.8) is 0 Å². The molecule has 2 aromatic carbocycles. The molecule has 0 spiro atoms. The van der Waals surface area contributed by atoms with Crippen molar-refractivity contribution in [3.05, 3.63) is 53.6 Å². The second kappa shape index (κ2) is 9.94. The first kappa shape index (κ1) is 23.4. The van der Waals surface area contributed by atoms with Crippen LogP contribution in [0.25, 0.3) is 0 Å². The Labute approximate surface area is 188 Å². The highest BCUT2D eigenvalue weighted by Crippen LogP contribution is 2.31. The molecular weight excluding hydrogens is 410 g/mol. The largest absolute Gasteiger partial charge is 0.497 e. The second-order valence-electron chi connectivity index (χ2n) is 8.52. The van der Waals surface area contributed by atoms with E-state index in [9.17, 15) is 14.7 Å². The van der Waals surface area contributed by atoms with E-state index in [1.54, 1.807) is 26.4 Å². The maximum absolute atomic E-state index is 13.0. The summed E-state index contributed by atoms with van der Waals surface area (Å²) in [6, 6.07) is 13.0. The third-order valence-corrected chi connectivity index (χ3v) is 5.83. The Bertz CT molecular complexity index is 971. The van der Waals surface area contributed by atoms with Gasteiger partial charge < -0.3 is 24.2 Å². The van der Waals surface area contributed by atoms with Gasteiger partial charge in [-0.25, -0.2) is 4.79 Å². The van der Waals surface area contributed by atoms with Crippen molar-refractivity contribution in [3.8, 4) is 17.2 Å². The van der Waals surface area contributed by atoms with Gasteiger partial charge in [-0.3, -0.25) is 4.79 Å². The summed E-state index contributed by atoms with van der Waals surface area (Å²) in [4.78, 5) is 26.3. The van der Waals surface area contributed by atoms with Gasteiger partial charge in [-0.2, -0.15) is 0 Å². The molecule has 172 valence electrons. The van der Waals surface area contributed by atoms with Gasteiger partial charge in [0.1, 0.15) is 17.2 Å². The highest BCUT2D eigenvalue weighted by atomic mass is 16.5. The molecule has 1 unspecified atom stereocenters. The fourth-order valence-corrected chi connectivity index (χ4v) is 3.92. The van der Waals surface area contributed by atoms with Gasteiger partial charge in [-0.15, -0.1) is 0 Å². The maximum atomic E-state index is 13.0. The molecule has 0 aliphatic carbocycles. The molecule has 0 radical (unpaired) electrons. The Morgan fingerprint density at radius 1 is 1.09 bits per heavy atom. The summed E-state index contributed by atoms with van der Waals surface area (Å²) < 4.78 is 16.3. The van der Waals surface area contributed by atoms with Crippen LogP contribution in [0.4, 0.5) is 0 Å². The number of nitrogens with zero attached hydrogens (tertiary/aromatic N) is 1. The number of carbonyl (C=O) groups is 2. The zero-order valence-corrected chi connectivity index (χ0v) is 19.1. The number of methoxy groups -OCH3 is 2. The van der Waals surface area contributed by atoms with Crippen LogP contribution in [-0.4, -0.2) is 54.8 Å². The van der Waals surface area contributed by atoms with Crippen molar-refractivity contribution >= 4 is 11.9 Å². The molecule has 1 aliphatic rings. The molecule has 2 aromatic rings. The number of benzene rings is 2. The van der Waals surface area contributed by atoms with E-state index in [0.717, 1.165) is 30.5 Å². The Kier molecular flexibility index (Phi) is 7.28. The molecule has 1 atom stereocenters. The van der Waals surface area contributed by atoms with Crippen molar-refractivity contribution in [2.75, 3.05) is 27.3 Å². The van der Waals surface area contributed by atoms with Gasteiger partial charge in [-0.05, 0) is 50.5 Å². The molecule has 0 aromatic heterocycles. The number of carboxylic acids is 1. The summed E-state index contributed by atoms with van der Waals surface area (Å²) in [6.45, 7) is 4.38. The van der Waals surface area contributed by atoms with Gasteiger partial charge in [0.25, 0.3) is 0 Å². The van der Waals surface area contributed by atoms with Gasteiger partial charge in [0.2, 0.25) is 5.91 Å². The number of rotatable bonds is 8. The number of amides is 1. The monoisotopic (exact) mass is 441 g/mol. The van der Waals surface area contributed by atoms with E-state index in [1.807, 2.05) is 35.2 Å². The summed E-state index contributed by atoms with van der Waals surface area (Å²) in [5.41, 5.74) is 0.555. The van der Waals surface area contributed by atoms with E-state index >= 15 is 0 Å². The predicted octanol–water partition coefficient (Wildman–Crippen LogP) is 3.89. The van der Waals surface area contributed by atoms with Crippen LogP contribution in [0.3, 0.4) is 0 Å². The van der Waals surface area contributed by atoms with Crippen LogP contribution in [0.5, 0.6) is 17.2 Å². The number of piperidine rings is 1. The number of carboxylic acid groups (broad SMARTS) is 1. The maximum Gasteiger partial charge on any atom is 0.347 e. The second-order valence-corrected chi connectivity index (χ2v) is 8.52. The topological polar surface area (TPSA) is 85.3 Å². The van der Waals surface area contributed by atoms with Crippen LogP contribution < -0.4 is 14.2 Å². The molecule has 1 amide bonds. The van der Waals surface area contributed by atoms with Gasteiger partial charge in [0, 0.05) is 30.6 Å². The lowest BCUT2D eigenvalue weighted by Crippen LogP contribution is -2.40. The number of hydrogen-bond acceptors (Lipinski definition) is 5. The average molecular weight is 442 g/mol. The Hall–Kier alpha value is -3.22. The van der Waals surface area contributed by atoms with E-state index in [-0.39, 0.29) is 18.2 Å². The third-order valence-electron chi connectivity index (χ3n) is 5.83. The van der Waals surface area contributed by atoms with Gasteiger partial charge in [0.05, 0.1) is 20.6 Å². The first-order chi connectivity index (χ1) is 15.2. The minimum atomic E-state index is -1.31. The summed E-state index contributed by atoms with van der Waals surface area (Å²) in [7, 11) is 3.18. The minimum absolute atomic E-state index is 0.0533. The first-order valence-electron chi connectivity index (χ1n) is 10.7. The highest BCUT2D eigenvalue weighted by Gasteiger charge is 2.30. The fraction of sp³-hybridized carbons (Fsp3) is 0.440. The van der Waals surface area contributed by atoms with E-state index in [1.165, 1.54) is 13.8 Å². The van der Waals surface area contributed by atoms with E-state index in [4.69, 9.17) is 14.2 Å².